The summed E-state index contributed by atoms with van der Waals surface area (Å²) in [5.41, 5.74) is 0.940. The maximum absolute atomic E-state index is 14.2. The van der Waals surface area contributed by atoms with E-state index in [2.05, 4.69) is 10.6 Å². The summed E-state index contributed by atoms with van der Waals surface area (Å²) in [6.45, 7) is 5.56. The van der Waals surface area contributed by atoms with Gasteiger partial charge >= 0.3 is 22.2 Å². The Kier molecular flexibility index (Phi) is 11.9. The highest BCUT2D eigenvalue weighted by atomic mass is 32.2. The SMILES string of the molecule is CC(C)(C)OC(=O)N[C@H](CF)[C@H]1CC[C@H](C(=O)N2CC[C@H](c3ccccc3)[C@H]2C(=O)Nc2ccc3oc(C(=O)NS(=O)(=O)N4CCOCC4)cc3c2)CC1. The predicted molar refractivity (Wildman–Crippen MR) is 198 cm³/mol. The third kappa shape index (κ3) is 9.21. The van der Waals surface area contributed by atoms with Crippen LogP contribution in [0.2, 0.25) is 0 Å². The molecule has 14 nitrogen and oxygen atoms in total. The van der Waals surface area contributed by atoms with E-state index >= 15 is 0 Å². The summed E-state index contributed by atoms with van der Waals surface area (Å²) >= 11 is 0. The van der Waals surface area contributed by atoms with Gasteiger partial charge in [-0.05, 0) is 88.6 Å². The molecule has 3 aliphatic rings. The lowest BCUT2D eigenvalue weighted by atomic mass is 9.78. The highest BCUT2D eigenvalue weighted by Crippen LogP contribution is 2.39. The van der Waals surface area contributed by atoms with Crippen LogP contribution in [0, 0.1) is 11.8 Å². The molecule has 0 bridgehead atoms. The molecule has 4 amide bonds. The molecule has 3 atom stereocenters. The topological polar surface area (TPSA) is 177 Å². The highest BCUT2D eigenvalue weighted by Gasteiger charge is 2.45. The quantitative estimate of drug-likeness (QED) is 0.263. The van der Waals surface area contributed by atoms with Crippen LogP contribution in [0.15, 0.2) is 59.0 Å². The Labute approximate surface area is 314 Å². The standard InChI is InChI=1S/C38H48FN5O9S/c1-38(2,3)53-37(48)41-30(23-39)25-9-11-26(12-10-25)36(47)44-16-15-29(24-7-5-4-6-8-24)33(44)35(46)40-28-13-14-31-27(21-28)22-32(52-31)34(45)42-54(49,50)43-17-19-51-20-18-43/h4-8,13-14,21-22,25-26,29-30,33H,9-12,15-20,23H2,1-3H3,(H,40,46)(H,41,48)(H,42,45)/t25-,26-,29-,30-,33+/m1/s1. The lowest BCUT2D eigenvalue weighted by molar-refractivity contribution is -0.141. The normalized spacial score (nSPS) is 23.1. The van der Waals surface area contributed by atoms with Crippen molar-refractivity contribution < 1.29 is 45.9 Å². The number of nitrogens with zero attached hydrogens (tertiary/aromatic N) is 2. The van der Waals surface area contributed by atoms with E-state index in [0.717, 1.165) is 9.87 Å². The summed E-state index contributed by atoms with van der Waals surface area (Å²) in [5.74, 6) is -2.41. The first-order valence-electron chi connectivity index (χ1n) is 18.4. The van der Waals surface area contributed by atoms with E-state index in [1.807, 2.05) is 35.1 Å². The summed E-state index contributed by atoms with van der Waals surface area (Å²) < 4.78 is 58.8. The summed E-state index contributed by atoms with van der Waals surface area (Å²) in [7, 11) is -4.10. The number of nitrogens with one attached hydrogen (secondary N) is 3. The number of morpholine rings is 1. The third-order valence-electron chi connectivity index (χ3n) is 10.3. The molecule has 292 valence electrons. The maximum atomic E-state index is 14.2. The molecule has 16 heteroatoms. The average Bonchev–Trinajstić information content (AvgIpc) is 3.79. The van der Waals surface area contributed by atoms with Crippen LogP contribution in [0.25, 0.3) is 11.0 Å². The molecule has 3 N–H and O–H groups in total. The Morgan fingerprint density at radius 2 is 1.65 bits per heavy atom. The van der Waals surface area contributed by atoms with Gasteiger partial charge in [-0.2, -0.15) is 12.7 Å². The van der Waals surface area contributed by atoms with Gasteiger partial charge in [-0.15, -0.1) is 0 Å². The van der Waals surface area contributed by atoms with Gasteiger partial charge in [-0.1, -0.05) is 30.3 Å². The average molecular weight is 770 g/mol. The highest BCUT2D eigenvalue weighted by molar-refractivity contribution is 7.87. The number of likely N-dealkylation sites (tertiary alicyclic amines) is 1. The first kappa shape index (κ1) is 39.2. The van der Waals surface area contributed by atoms with Gasteiger partial charge in [0.2, 0.25) is 11.8 Å². The number of fused-ring (bicyclic) bond motifs is 1. The second-order valence-corrected chi connectivity index (χ2v) is 16.8. The Morgan fingerprint density at radius 3 is 2.31 bits per heavy atom. The number of benzene rings is 2. The summed E-state index contributed by atoms with van der Waals surface area (Å²) in [6.07, 6.45) is 1.98. The number of ether oxygens (including phenoxy) is 2. The summed E-state index contributed by atoms with van der Waals surface area (Å²) in [4.78, 5) is 55.2. The van der Waals surface area contributed by atoms with Crippen LogP contribution in [0.3, 0.4) is 0 Å². The Hall–Kier alpha value is -4.54. The van der Waals surface area contributed by atoms with Crippen LogP contribution in [0.1, 0.15) is 74.9 Å². The minimum Gasteiger partial charge on any atom is -0.451 e. The number of furan rings is 1. The number of alkyl halides is 1. The maximum Gasteiger partial charge on any atom is 0.407 e. The largest absolute Gasteiger partial charge is 0.451 e. The molecule has 0 spiro atoms. The summed E-state index contributed by atoms with van der Waals surface area (Å²) in [6, 6.07) is 14.3. The fraction of sp³-hybridized carbons (Fsp3) is 0.526. The molecule has 6 rings (SSSR count). The third-order valence-corrected chi connectivity index (χ3v) is 11.8. The molecule has 3 fully saturated rings. The number of anilines is 1. The van der Waals surface area contributed by atoms with Crippen LogP contribution in [-0.2, 0) is 29.3 Å². The van der Waals surface area contributed by atoms with Gasteiger partial charge < -0.3 is 29.4 Å². The van der Waals surface area contributed by atoms with E-state index in [1.165, 1.54) is 6.07 Å². The zero-order chi connectivity index (χ0) is 38.6. The number of amides is 4. The zero-order valence-corrected chi connectivity index (χ0v) is 31.5. The van der Waals surface area contributed by atoms with E-state index in [9.17, 15) is 32.0 Å². The fourth-order valence-electron chi connectivity index (χ4n) is 7.63. The van der Waals surface area contributed by atoms with Crippen molar-refractivity contribution in [3.8, 4) is 0 Å². The van der Waals surface area contributed by atoms with Gasteiger partial charge in [-0.3, -0.25) is 14.4 Å². The van der Waals surface area contributed by atoms with Crippen molar-refractivity contribution >= 4 is 50.7 Å². The Bertz CT molecular complexity index is 1940. The van der Waals surface area contributed by atoms with Crippen LogP contribution in [0.5, 0.6) is 0 Å². The number of carbonyl (C=O) groups is 4. The minimum absolute atomic E-state index is 0.123. The molecule has 3 heterocycles. The monoisotopic (exact) mass is 769 g/mol. The van der Waals surface area contributed by atoms with Gasteiger partial charge in [-0.25, -0.2) is 13.9 Å². The lowest BCUT2D eigenvalue weighted by Crippen LogP contribution is -2.49. The first-order valence-corrected chi connectivity index (χ1v) is 19.8. The molecule has 54 heavy (non-hydrogen) atoms. The smallest absolute Gasteiger partial charge is 0.407 e. The van der Waals surface area contributed by atoms with Crippen LogP contribution >= 0.6 is 0 Å². The predicted octanol–water partition coefficient (Wildman–Crippen LogP) is 4.73. The van der Waals surface area contributed by atoms with E-state index in [0.29, 0.717) is 55.3 Å². The number of rotatable bonds is 10. The number of halogens is 1. The van der Waals surface area contributed by atoms with Crippen molar-refractivity contribution in [3.63, 3.8) is 0 Å². The summed E-state index contributed by atoms with van der Waals surface area (Å²) in [5, 5.41) is 6.09. The van der Waals surface area contributed by atoms with Crippen molar-refractivity contribution in [1.29, 1.82) is 0 Å². The number of alkyl carbamates (subject to hydrolysis) is 1. The van der Waals surface area contributed by atoms with Crippen molar-refractivity contribution in [2.75, 3.05) is 44.8 Å². The molecule has 0 unspecified atom stereocenters. The Balaban J connectivity index is 1.14. The molecule has 2 saturated heterocycles. The molecule has 2 aromatic carbocycles. The second-order valence-electron chi connectivity index (χ2n) is 15.1. The molecule has 1 aromatic heterocycles. The first-order chi connectivity index (χ1) is 25.7. The molecular weight excluding hydrogens is 722 g/mol. The van der Waals surface area contributed by atoms with Crippen molar-refractivity contribution in [2.24, 2.45) is 11.8 Å². The molecular formula is C38H48FN5O9S. The number of hydrogen-bond acceptors (Lipinski definition) is 9. The van der Waals surface area contributed by atoms with Crippen LogP contribution in [0.4, 0.5) is 14.9 Å². The van der Waals surface area contributed by atoms with E-state index in [1.54, 1.807) is 43.9 Å². The van der Waals surface area contributed by atoms with E-state index in [-0.39, 0.29) is 61.6 Å². The second kappa shape index (κ2) is 16.4. The Morgan fingerprint density at radius 1 is 0.944 bits per heavy atom. The molecule has 0 radical (unpaired) electrons. The number of hydrogen-bond donors (Lipinski definition) is 3. The lowest BCUT2D eigenvalue weighted by Gasteiger charge is -2.36. The van der Waals surface area contributed by atoms with Crippen molar-refractivity contribution in [1.82, 2.24) is 19.2 Å². The van der Waals surface area contributed by atoms with Crippen molar-refractivity contribution in [3.05, 3.63) is 65.9 Å². The van der Waals surface area contributed by atoms with E-state index < -0.39 is 46.6 Å². The molecule has 3 aromatic rings. The van der Waals surface area contributed by atoms with Crippen LogP contribution < -0.4 is 15.4 Å². The zero-order valence-electron chi connectivity index (χ0n) is 30.7. The van der Waals surface area contributed by atoms with Crippen LogP contribution in [-0.4, -0.2) is 98.6 Å². The fourth-order valence-corrected chi connectivity index (χ4v) is 8.72. The van der Waals surface area contributed by atoms with Gasteiger partial charge in [0.05, 0.1) is 19.3 Å². The van der Waals surface area contributed by atoms with Crippen molar-refractivity contribution in [2.45, 2.75) is 76.5 Å². The van der Waals surface area contributed by atoms with Gasteiger partial charge in [0.15, 0.2) is 5.76 Å². The molecule has 1 aliphatic carbocycles. The van der Waals surface area contributed by atoms with E-state index in [4.69, 9.17) is 13.9 Å². The van der Waals surface area contributed by atoms with Gasteiger partial charge in [0.25, 0.3) is 0 Å². The number of carbonyl (C=O) groups excluding carboxylic acids is 4. The van der Waals surface area contributed by atoms with Gasteiger partial charge in [0.1, 0.15) is 23.9 Å². The minimum atomic E-state index is -4.10. The molecule has 1 saturated carbocycles. The molecule has 2 aliphatic heterocycles. The van der Waals surface area contributed by atoms with Gasteiger partial charge in [0, 0.05) is 42.5 Å².